The molecule has 1 spiro atoms. The molecule has 0 N–H and O–H groups in total. The Morgan fingerprint density at radius 2 is 1.38 bits per heavy atom. The Labute approximate surface area is 198 Å². The molecule has 0 saturated heterocycles. The number of benzene rings is 4. The van der Waals surface area contributed by atoms with Crippen molar-refractivity contribution in [3.63, 3.8) is 0 Å². The Kier molecular flexibility index (Phi) is 3.88. The Bertz CT molecular complexity index is 1600. The fourth-order valence-electron chi connectivity index (χ4n) is 5.93. The van der Waals surface area contributed by atoms with Gasteiger partial charge in [0.15, 0.2) is 0 Å². The van der Waals surface area contributed by atoms with Crippen LogP contribution in [0.2, 0.25) is 0 Å². The van der Waals surface area contributed by atoms with E-state index in [4.69, 9.17) is 4.74 Å². The summed E-state index contributed by atoms with van der Waals surface area (Å²) in [4.78, 5) is 0. The number of hydrogen-bond donors (Lipinski definition) is 0. The fourth-order valence-corrected chi connectivity index (χ4v) is 5.93. The zero-order valence-electron chi connectivity index (χ0n) is 18.3. The highest BCUT2D eigenvalue weighted by molar-refractivity contribution is 5.88. The minimum Gasteiger partial charge on any atom is -0.457 e. The van der Waals surface area contributed by atoms with Crippen molar-refractivity contribution >= 4 is 0 Å². The SMILES string of the molecule is N#CC1=CC=C=CC1c1ccc2c(c1)C1(c3ccccc3O2)c2ccccc2-c2ccccc21. The molecule has 1 aliphatic heterocycles. The predicted octanol–water partition coefficient (Wildman–Crippen LogP) is 7.41. The number of fused-ring (bicyclic) bond motifs is 9. The minimum absolute atomic E-state index is 0.124. The number of ether oxygens (including phenoxy) is 1. The van der Waals surface area contributed by atoms with Gasteiger partial charge in [0.25, 0.3) is 0 Å². The summed E-state index contributed by atoms with van der Waals surface area (Å²) in [5.41, 5.74) is 11.8. The van der Waals surface area contributed by atoms with E-state index in [9.17, 15) is 5.26 Å². The van der Waals surface area contributed by atoms with E-state index >= 15 is 0 Å². The Morgan fingerprint density at radius 1 is 0.735 bits per heavy atom. The molecule has 4 aromatic carbocycles. The normalized spacial score (nSPS) is 17.6. The summed E-state index contributed by atoms with van der Waals surface area (Å²) < 4.78 is 6.48. The van der Waals surface area contributed by atoms with Crippen molar-refractivity contribution in [2.45, 2.75) is 11.3 Å². The van der Waals surface area contributed by atoms with Gasteiger partial charge in [0.05, 0.1) is 11.5 Å². The molecule has 1 atom stereocenters. The Balaban J connectivity index is 1.60. The summed E-state index contributed by atoms with van der Waals surface area (Å²) in [5, 5.41) is 9.75. The Hall–Kier alpha value is -4.57. The van der Waals surface area contributed by atoms with Crippen LogP contribution in [0.15, 0.2) is 121 Å². The zero-order chi connectivity index (χ0) is 22.7. The van der Waals surface area contributed by atoms with Crippen LogP contribution in [0.4, 0.5) is 0 Å². The van der Waals surface area contributed by atoms with Crippen molar-refractivity contribution in [1.82, 2.24) is 0 Å². The molecule has 34 heavy (non-hydrogen) atoms. The molecular formula is C32H19NO. The molecule has 7 rings (SSSR count). The van der Waals surface area contributed by atoms with Crippen molar-refractivity contribution in [1.29, 1.82) is 5.26 Å². The summed E-state index contributed by atoms with van der Waals surface area (Å²) in [6.45, 7) is 0. The molecule has 3 aliphatic rings. The van der Waals surface area contributed by atoms with Crippen LogP contribution in [-0.2, 0) is 5.41 Å². The van der Waals surface area contributed by atoms with E-state index in [1.807, 2.05) is 18.2 Å². The molecule has 0 fully saturated rings. The van der Waals surface area contributed by atoms with E-state index in [1.165, 1.54) is 22.3 Å². The first-order valence-corrected chi connectivity index (χ1v) is 11.5. The monoisotopic (exact) mass is 433 g/mol. The van der Waals surface area contributed by atoms with Crippen LogP contribution >= 0.6 is 0 Å². The van der Waals surface area contributed by atoms with Crippen molar-refractivity contribution in [2.75, 3.05) is 0 Å². The lowest BCUT2D eigenvalue weighted by Crippen LogP contribution is -2.32. The molecule has 1 heterocycles. The molecule has 2 nitrogen and oxygen atoms in total. The number of hydrogen-bond acceptors (Lipinski definition) is 2. The van der Waals surface area contributed by atoms with E-state index in [0.29, 0.717) is 0 Å². The number of nitriles is 1. The molecule has 2 aliphatic carbocycles. The van der Waals surface area contributed by atoms with Crippen LogP contribution in [0, 0.1) is 11.3 Å². The van der Waals surface area contributed by atoms with Crippen LogP contribution in [-0.4, -0.2) is 0 Å². The molecule has 158 valence electrons. The average molecular weight is 434 g/mol. The predicted molar refractivity (Wildman–Crippen MR) is 133 cm³/mol. The number of nitrogens with zero attached hydrogens (tertiary/aromatic N) is 1. The van der Waals surface area contributed by atoms with Gasteiger partial charge in [-0.25, -0.2) is 0 Å². The maximum atomic E-state index is 9.75. The smallest absolute Gasteiger partial charge is 0.132 e. The number of allylic oxidation sites excluding steroid dienone is 3. The van der Waals surface area contributed by atoms with Crippen LogP contribution in [0.25, 0.3) is 11.1 Å². The number of para-hydroxylation sites is 1. The second-order valence-electron chi connectivity index (χ2n) is 8.91. The van der Waals surface area contributed by atoms with Gasteiger partial charge in [-0.05, 0) is 64.2 Å². The summed E-state index contributed by atoms with van der Waals surface area (Å²) in [7, 11) is 0. The van der Waals surface area contributed by atoms with Crippen molar-refractivity contribution in [3.8, 4) is 28.7 Å². The van der Waals surface area contributed by atoms with Crippen LogP contribution in [0.3, 0.4) is 0 Å². The molecule has 0 bridgehead atoms. The first-order valence-electron chi connectivity index (χ1n) is 11.5. The second kappa shape index (κ2) is 6.96. The molecule has 4 aromatic rings. The van der Waals surface area contributed by atoms with Crippen molar-refractivity contribution < 1.29 is 4.74 Å². The first-order chi connectivity index (χ1) is 16.8. The summed E-state index contributed by atoms with van der Waals surface area (Å²) in [6.07, 6.45) is 5.63. The molecule has 0 radical (unpaired) electrons. The molecule has 2 heteroatoms. The molecule has 0 aromatic heterocycles. The lowest BCUT2D eigenvalue weighted by Gasteiger charge is -2.39. The summed E-state index contributed by atoms with van der Waals surface area (Å²) in [5.74, 6) is 1.61. The first kappa shape index (κ1) is 18.9. The second-order valence-corrected chi connectivity index (χ2v) is 8.91. The maximum Gasteiger partial charge on any atom is 0.132 e. The minimum atomic E-state index is -0.488. The van der Waals surface area contributed by atoms with Gasteiger partial charge < -0.3 is 4.74 Å². The quantitative estimate of drug-likeness (QED) is 0.253. The lowest BCUT2D eigenvalue weighted by molar-refractivity contribution is 0.436. The molecular weight excluding hydrogens is 414 g/mol. The van der Waals surface area contributed by atoms with Gasteiger partial charge in [0, 0.05) is 22.6 Å². The Morgan fingerprint density at radius 3 is 2.12 bits per heavy atom. The lowest BCUT2D eigenvalue weighted by atomic mass is 9.65. The van der Waals surface area contributed by atoms with Gasteiger partial charge in [0.2, 0.25) is 0 Å². The van der Waals surface area contributed by atoms with Gasteiger partial charge >= 0.3 is 0 Å². The summed E-state index contributed by atoms with van der Waals surface area (Å²) >= 11 is 0. The third-order valence-corrected chi connectivity index (χ3v) is 7.32. The highest BCUT2D eigenvalue weighted by Gasteiger charge is 2.51. The standard InChI is InChI=1S/C32H19NO/c33-20-22-9-1-2-10-23(22)21-17-18-31-29(19-21)32(28-15-7-8-16-30(28)34-31)26-13-5-3-11-24(26)25-12-4-6-14-27(25)32/h1,3-19,23H. The average Bonchev–Trinajstić information content (AvgIpc) is 3.20. The van der Waals surface area contributed by atoms with Gasteiger partial charge in [-0.1, -0.05) is 72.8 Å². The van der Waals surface area contributed by atoms with E-state index < -0.39 is 5.41 Å². The maximum absolute atomic E-state index is 9.75. The van der Waals surface area contributed by atoms with Crippen LogP contribution in [0.5, 0.6) is 11.5 Å². The highest BCUT2D eigenvalue weighted by atomic mass is 16.5. The van der Waals surface area contributed by atoms with E-state index in [-0.39, 0.29) is 5.92 Å². The van der Waals surface area contributed by atoms with E-state index in [2.05, 4.69) is 96.7 Å². The van der Waals surface area contributed by atoms with Crippen molar-refractivity contribution in [2.24, 2.45) is 0 Å². The van der Waals surface area contributed by atoms with Gasteiger partial charge in [-0.2, -0.15) is 5.26 Å². The van der Waals surface area contributed by atoms with Crippen LogP contribution < -0.4 is 4.74 Å². The highest BCUT2D eigenvalue weighted by Crippen LogP contribution is 2.62. The van der Waals surface area contributed by atoms with E-state index in [0.717, 1.165) is 33.8 Å². The molecule has 0 saturated carbocycles. The van der Waals surface area contributed by atoms with Crippen molar-refractivity contribution in [3.05, 3.63) is 148 Å². The number of rotatable bonds is 1. The third-order valence-electron chi connectivity index (χ3n) is 7.32. The third kappa shape index (κ3) is 2.34. The molecule has 1 unspecified atom stereocenters. The van der Waals surface area contributed by atoms with Gasteiger partial charge in [-0.15, -0.1) is 5.73 Å². The largest absolute Gasteiger partial charge is 0.457 e. The summed E-state index contributed by atoms with van der Waals surface area (Å²) in [6, 6.07) is 34.5. The van der Waals surface area contributed by atoms with Crippen LogP contribution in [0.1, 0.15) is 33.7 Å². The van der Waals surface area contributed by atoms with Gasteiger partial charge in [0.1, 0.15) is 11.5 Å². The topological polar surface area (TPSA) is 33.0 Å². The molecule has 0 amide bonds. The van der Waals surface area contributed by atoms with Gasteiger partial charge in [-0.3, -0.25) is 0 Å². The fraction of sp³-hybridized carbons (Fsp3) is 0.0625. The zero-order valence-corrected chi connectivity index (χ0v) is 18.3. The van der Waals surface area contributed by atoms with E-state index in [1.54, 1.807) is 6.08 Å².